The van der Waals surface area contributed by atoms with Crippen LogP contribution in [-0.4, -0.2) is 18.2 Å². The van der Waals surface area contributed by atoms with Gasteiger partial charge in [-0.1, -0.05) is 32.9 Å². The predicted molar refractivity (Wildman–Crippen MR) is 69.7 cm³/mol. The lowest BCUT2D eigenvalue weighted by Crippen LogP contribution is -2.10. The van der Waals surface area contributed by atoms with Crippen molar-refractivity contribution in [2.45, 2.75) is 27.2 Å². The number of benzene rings is 1. The maximum atomic E-state index is 11.3. The summed E-state index contributed by atoms with van der Waals surface area (Å²) < 4.78 is 5.12. The molecule has 1 aliphatic carbocycles. The van der Waals surface area contributed by atoms with Crippen LogP contribution in [0.1, 0.15) is 26.3 Å². The fourth-order valence-electron chi connectivity index (χ4n) is 3.15. The lowest BCUT2D eigenvalue weighted by molar-refractivity contribution is -0.139. The Labute approximate surface area is 108 Å². The molecule has 2 unspecified atom stereocenters. The molecule has 2 atom stereocenters. The van der Waals surface area contributed by atoms with E-state index in [9.17, 15) is 9.90 Å². The van der Waals surface area contributed by atoms with Gasteiger partial charge in [-0.25, -0.2) is 0 Å². The molecule has 3 heteroatoms. The van der Waals surface area contributed by atoms with Crippen molar-refractivity contribution in [3.63, 3.8) is 0 Å². The van der Waals surface area contributed by atoms with Crippen molar-refractivity contribution < 1.29 is 14.6 Å². The number of carboxylic acid groups (broad SMARTS) is 1. The van der Waals surface area contributed by atoms with Gasteiger partial charge in [0.25, 0.3) is 0 Å². The van der Waals surface area contributed by atoms with Crippen LogP contribution in [0.5, 0.6) is 5.75 Å². The first-order valence-corrected chi connectivity index (χ1v) is 6.18. The number of carbonyl (C=O) groups is 1. The fourth-order valence-corrected chi connectivity index (χ4v) is 3.15. The number of rotatable bonds is 4. The smallest absolute Gasteiger partial charge is 0.307 e. The highest BCUT2D eigenvalue weighted by atomic mass is 16.5. The lowest BCUT2D eigenvalue weighted by Gasteiger charge is -2.14. The standard InChI is InChI=1S/C15H20O3/c1-14(2)12(13(16)17)15(14,3)9-10-5-7-11(18-4)8-6-10/h5-8,12H,9H2,1-4H3,(H,16,17). The van der Waals surface area contributed by atoms with Crippen LogP contribution in [0, 0.1) is 16.7 Å². The van der Waals surface area contributed by atoms with Crippen molar-refractivity contribution in [1.29, 1.82) is 0 Å². The normalized spacial score (nSPS) is 28.8. The molecule has 0 radical (unpaired) electrons. The number of hydrogen-bond donors (Lipinski definition) is 1. The Bertz CT molecular complexity index is 461. The molecule has 1 N–H and O–H groups in total. The van der Waals surface area contributed by atoms with E-state index in [2.05, 4.69) is 6.92 Å². The number of carboxylic acids is 1. The summed E-state index contributed by atoms with van der Waals surface area (Å²) in [5.41, 5.74) is 0.863. The third kappa shape index (κ3) is 1.78. The van der Waals surface area contributed by atoms with Gasteiger partial charge in [0.05, 0.1) is 13.0 Å². The SMILES string of the molecule is COc1ccc(CC2(C)C(C(=O)O)C2(C)C)cc1. The monoisotopic (exact) mass is 248 g/mol. The quantitative estimate of drug-likeness (QED) is 0.891. The van der Waals surface area contributed by atoms with E-state index in [0.29, 0.717) is 0 Å². The van der Waals surface area contributed by atoms with Gasteiger partial charge in [-0.3, -0.25) is 4.79 Å². The minimum absolute atomic E-state index is 0.140. The van der Waals surface area contributed by atoms with E-state index in [0.717, 1.165) is 17.7 Å². The molecule has 0 saturated heterocycles. The minimum atomic E-state index is -0.684. The zero-order chi connectivity index (χ0) is 13.6. The summed E-state index contributed by atoms with van der Waals surface area (Å²) in [5, 5.41) is 9.26. The first kappa shape index (κ1) is 12.9. The molecule has 0 amide bonds. The largest absolute Gasteiger partial charge is 0.497 e. The zero-order valence-electron chi connectivity index (χ0n) is 11.4. The molecule has 0 aliphatic heterocycles. The van der Waals surface area contributed by atoms with E-state index >= 15 is 0 Å². The Kier molecular flexibility index (Phi) is 2.88. The summed E-state index contributed by atoms with van der Waals surface area (Å²) in [7, 11) is 1.64. The first-order valence-electron chi connectivity index (χ1n) is 6.18. The highest BCUT2D eigenvalue weighted by Gasteiger charge is 2.71. The summed E-state index contributed by atoms with van der Waals surface area (Å²) in [4.78, 5) is 11.3. The fraction of sp³-hybridized carbons (Fsp3) is 0.533. The maximum Gasteiger partial charge on any atom is 0.307 e. The Morgan fingerprint density at radius 2 is 1.83 bits per heavy atom. The molecule has 0 aromatic heterocycles. The Hall–Kier alpha value is -1.51. The van der Waals surface area contributed by atoms with Gasteiger partial charge in [0, 0.05) is 0 Å². The summed E-state index contributed by atoms with van der Waals surface area (Å²) in [6.45, 7) is 6.14. The van der Waals surface area contributed by atoms with Crippen molar-refractivity contribution in [1.82, 2.24) is 0 Å². The van der Waals surface area contributed by atoms with Crippen LogP contribution in [-0.2, 0) is 11.2 Å². The summed E-state index contributed by atoms with van der Waals surface area (Å²) in [5.74, 6) is -0.114. The van der Waals surface area contributed by atoms with Crippen LogP contribution in [0.15, 0.2) is 24.3 Å². The number of ether oxygens (including phenoxy) is 1. The van der Waals surface area contributed by atoms with Crippen molar-refractivity contribution in [2.24, 2.45) is 16.7 Å². The molecule has 0 spiro atoms. The van der Waals surface area contributed by atoms with E-state index in [1.165, 1.54) is 0 Å². The second-order valence-electron chi connectivity index (χ2n) is 5.94. The van der Waals surface area contributed by atoms with Crippen LogP contribution in [0.3, 0.4) is 0 Å². The van der Waals surface area contributed by atoms with Crippen LogP contribution < -0.4 is 4.74 Å². The molecule has 2 rings (SSSR count). The van der Waals surface area contributed by atoms with Crippen LogP contribution >= 0.6 is 0 Å². The average Bonchev–Trinajstić information content (AvgIpc) is 2.73. The van der Waals surface area contributed by atoms with Gasteiger partial charge in [0.15, 0.2) is 0 Å². The number of hydrogen-bond acceptors (Lipinski definition) is 2. The van der Waals surface area contributed by atoms with E-state index < -0.39 is 5.97 Å². The summed E-state index contributed by atoms with van der Waals surface area (Å²) >= 11 is 0. The Morgan fingerprint density at radius 1 is 1.28 bits per heavy atom. The zero-order valence-corrected chi connectivity index (χ0v) is 11.4. The highest BCUT2D eigenvalue weighted by Crippen LogP contribution is 2.70. The summed E-state index contributed by atoms with van der Waals surface area (Å²) in [6, 6.07) is 7.86. The van der Waals surface area contributed by atoms with Gasteiger partial charge in [0.2, 0.25) is 0 Å². The predicted octanol–water partition coefficient (Wildman–Crippen LogP) is 2.98. The molecular weight excluding hydrogens is 228 g/mol. The molecule has 1 saturated carbocycles. The van der Waals surface area contributed by atoms with Crippen molar-refractivity contribution in [3.05, 3.63) is 29.8 Å². The summed E-state index contributed by atoms with van der Waals surface area (Å²) in [6.07, 6.45) is 0.793. The molecule has 18 heavy (non-hydrogen) atoms. The van der Waals surface area contributed by atoms with Crippen molar-refractivity contribution in [2.75, 3.05) is 7.11 Å². The second kappa shape index (κ2) is 4.01. The van der Waals surface area contributed by atoms with Gasteiger partial charge < -0.3 is 9.84 Å². The van der Waals surface area contributed by atoms with E-state index in [1.54, 1.807) is 7.11 Å². The van der Waals surface area contributed by atoms with Gasteiger partial charge in [0.1, 0.15) is 5.75 Å². The maximum absolute atomic E-state index is 11.3. The van der Waals surface area contributed by atoms with E-state index in [-0.39, 0.29) is 16.7 Å². The molecule has 0 bridgehead atoms. The van der Waals surface area contributed by atoms with Gasteiger partial charge in [-0.2, -0.15) is 0 Å². The first-order chi connectivity index (χ1) is 8.33. The van der Waals surface area contributed by atoms with Crippen LogP contribution in [0.25, 0.3) is 0 Å². The van der Waals surface area contributed by atoms with E-state index in [1.807, 2.05) is 38.1 Å². The molecule has 1 aromatic rings. The number of aliphatic carboxylic acids is 1. The molecule has 3 nitrogen and oxygen atoms in total. The Balaban J connectivity index is 2.16. The molecule has 1 aliphatic rings. The molecule has 0 heterocycles. The third-order valence-corrected chi connectivity index (χ3v) is 4.72. The van der Waals surface area contributed by atoms with Crippen molar-refractivity contribution >= 4 is 5.97 Å². The average molecular weight is 248 g/mol. The third-order valence-electron chi connectivity index (χ3n) is 4.72. The van der Waals surface area contributed by atoms with Gasteiger partial charge in [-0.15, -0.1) is 0 Å². The van der Waals surface area contributed by atoms with E-state index in [4.69, 9.17) is 4.74 Å². The minimum Gasteiger partial charge on any atom is -0.497 e. The highest BCUT2D eigenvalue weighted by molar-refractivity contribution is 5.77. The Morgan fingerprint density at radius 3 is 2.22 bits per heavy atom. The van der Waals surface area contributed by atoms with Crippen LogP contribution in [0.2, 0.25) is 0 Å². The second-order valence-corrected chi connectivity index (χ2v) is 5.94. The number of methoxy groups -OCH3 is 1. The molecular formula is C15H20O3. The van der Waals surface area contributed by atoms with Crippen molar-refractivity contribution in [3.8, 4) is 5.75 Å². The molecule has 1 fully saturated rings. The topological polar surface area (TPSA) is 46.5 Å². The molecule has 98 valence electrons. The van der Waals surface area contributed by atoms with Crippen LogP contribution in [0.4, 0.5) is 0 Å². The van der Waals surface area contributed by atoms with Gasteiger partial charge in [-0.05, 0) is 34.9 Å². The molecule has 1 aromatic carbocycles. The van der Waals surface area contributed by atoms with Gasteiger partial charge >= 0.3 is 5.97 Å². The lowest BCUT2D eigenvalue weighted by atomic mass is 9.90.